The maximum absolute atomic E-state index is 5.68. The minimum absolute atomic E-state index is 0.716. The summed E-state index contributed by atoms with van der Waals surface area (Å²) in [5.41, 5.74) is 0. The van der Waals surface area contributed by atoms with Crippen molar-refractivity contribution in [2.75, 3.05) is 19.7 Å². The van der Waals surface area contributed by atoms with Crippen molar-refractivity contribution < 1.29 is 4.74 Å². The topological polar surface area (TPSA) is 21.3 Å². The van der Waals surface area contributed by atoms with Crippen molar-refractivity contribution in [1.82, 2.24) is 5.32 Å². The van der Waals surface area contributed by atoms with Crippen LogP contribution in [0.4, 0.5) is 0 Å². The van der Waals surface area contributed by atoms with Gasteiger partial charge in [-0.15, -0.1) is 11.3 Å². The average molecular weight is 276 g/mol. The molecule has 1 aliphatic rings. The normalized spacial score (nSPS) is 21.6. The van der Waals surface area contributed by atoms with Gasteiger partial charge in [-0.1, -0.05) is 0 Å². The fourth-order valence-corrected chi connectivity index (χ4v) is 3.01. The first kappa shape index (κ1) is 10.6. The molecule has 4 heteroatoms. The molecule has 0 aliphatic carbocycles. The van der Waals surface area contributed by atoms with E-state index in [4.69, 9.17) is 4.74 Å². The van der Waals surface area contributed by atoms with Gasteiger partial charge in [0.25, 0.3) is 0 Å². The second-order valence-corrected chi connectivity index (χ2v) is 5.42. The van der Waals surface area contributed by atoms with Gasteiger partial charge in [-0.2, -0.15) is 0 Å². The SMILES string of the molecule is Brc1ccsc1COCC1CCNC1. The minimum atomic E-state index is 0.716. The number of halogens is 1. The van der Waals surface area contributed by atoms with Crippen LogP contribution in [0.3, 0.4) is 0 Å². The van der Waals surface area contributed by atoms with Gasteiger partial charge in [0, 0.05) is 15.9 Å². The fourth-order valence-electron chi connectivity index (χ4n) is 1.60. The van der Waals surface area contributed by atoms with Gasteiger partial charge in [-0.05, 0) is 46.3 Å². The van der Waals surface area contributed by atoms with Crippen molar-refractivity contribution in [3.63, 3.8) is 0 Å². The zero-order valence-corrected chi connectivity index (χ0v) is 10.4. The van der Waals surface area contributed by atoms with E-state index in [9.17, 15) is 0 Å². The van der Waals surface area contributed by atoms with E-state index in [0.29, 0.717) is 5.92 Å². The molecule has 1 aromatic rings. The van der Waals surface area contributed by atoms with Crippen molar-refractivity contribution >= 4 is 27.3 Å². The summed E-state index contributed by atoms with van der Waals surface area (Å²) in [6.45, 7) is 3.90. The van der Waals surface area contributed by atoms with E-state index in [-0.39, 0.29) is 0 Å². The maximum atomic E-state index is 5.68. The molecule has 0 spiro atoms. The van der Waals surface area contributed by atoms with Crippen LogP contribution in [0.25, 0.3) is 0 Å². The first-order chi connectivity index (χ1) is 6.86. The maximum Gasteiger partial charge on any atom is 0.0820 e. The minimum Gasteiger partial charge on any atom is -0.376 e. The van der Waals surface area contributed by atoms with Gasteiger partial charge in [-0.3, -0.25) is 0 Å². The molecule has 2 heterocycles. The highest BCUT2D eigenvalue weighted by Crippen LogP contribution is 2.23. The summed E-state index contributed by atoms with van der Waals surface area (Å²) in [5.74, 6) is 0.716. The van der Waals surface area contributed by atoms with Gasteiger partial charge < -0.3 is 10.1 Å². The van der Waals surface area contributed by atoms with Gasteiger partial charge in [0.2, 0.25) is 0 Å². The third-order valence-electron chi connectivity index (χ3n) is 2.44. The third kappa shape index (κ3) is 2.79. The molecular formula is C10H14BrNOS. The molecule has 1 N–H and O–H groups in total. The van der Waals surface area contributed by atoms with Crippen LogP contribution < -0.4 is 5.32 Å². The summed E-state index contributed by atoms with van der Waals surface area (Å²) < 4.78 is 6.86. The Kier molecular flexibility index (Phi) is 3.99. The lowest BCUT2D eigenvalue weighted by atomic mass is 10.1. The summed E-state index contributed by atoms with van der Waals surface area (Å²) in [6, 6.07) is 2.07. The third-order valence-corrected chi connectivity index (χ3v) is 4.34. The molecule has 1 aromatic heterocycles. The fraction of sp³-hybridized carbons (Fsp3) is 0.600. The Morgan fingerprint density at radius 1 is 1.64 bits per heavy atom. The molecule has 0 saturated carbocycles. The van der Waals surface area contributed by atoms with Crippen molar-refractivity contribution in [2.45, 2.75) is 13.0 Å². The van der Waals surface area contributed by atoms with Crippen molar-refractivity contribution in [3.05, 3.63) is 20.8 Å². The van der Waals surface area contributed by atoms with E-state index < -0.39 is 0 Å². The Morgan fingerprint density at radius 2 is 2.57 bits per heavy atom. The van der Waals surface area contributed by atoms with E-state index in [2.05, 4.69) is 32.7 Å². The van der Waals surface area contributed by atoms with Gasteiger partial charge in [0.15, 0.2) is 0 Å². The van der Waals surface area contributed by atoms with E-state index in [1.807, 2.05) is 0 Å². The summed E-state index contributed by atoms with van der Waals surface area (Å²) >= 11 is 5.24. The molecule has 0 radical (unpaired) electrons. The summed E-state index contributed by atoms with van der Waals surface area (Å²) in [6.07, 6.45) is 1.26. The van der Waals surface area contributed by atoms with Crippen molar-refractivity contribution in [2.24, 2.45) is 5.92 Å². The van der Waals surface area contributed by atoms with Crippen LogP contribution >= 0.6 is 27.3 Å². The molecule has 2 nitrogen and oxygen atoms in total. The highest BCUT2D eigenvalue weighted by atomic mass is 79.9. The molecule has 0 bridgehead atoms. The first-order valence-corrected chi connectivity index (χ1v) is 6.54. The van der Waals surface area contributed by atoms with Gasteiger partial charge in [-0.25, -0.2) is 0 Å². The predicted molar refractivity (Wildman–Crippen MR) is 62.7 cm³/mol. The monoisotopic (exact) mass is 275 g/mol. The lowest BCUT2D eigenvalue weighted by Gasteiger charge is -2.08. The van der Waals surface area contributed by atoms with E-state index in [0.717, 1.165) is 26.3 Å². The molecule has 2 rings (SSSR count). The molecule has 1 fully saturated rings. The van der Waals surface area contributed by atoms with Crippen molar-refractivity contribution in [1.29, 1.82) is 0 Å². The molecule has 1 unspecified atom stereocenters. The summed E-state index contributed by atoms with van der Waals surface area (Å²) in [5, 5.41) is 5.42. The Morgan fingerprint density at radius 3 is 3.21 bits per heavy atom. The number of ether oxygens (including phenoxy) is 1. The number of rotatable bonds is 4. The summed E-state index contributed by atoms with van der Waals surface area (Å²) in [7, 11) is 0. The zero-order chi connectivity index (χ0) is 9.80. The Bertz CT molecular complexity index is 283. The smallest absolute Gasteiger partial charge is 0.0820 e. The molecule has 0 aromatic carbocycles. The first-order valence-electron chi connectivity index (χ1n) is 4.86. The molecule has 1 atom stereocenters. The quantitative estimate of drug-likeness (QED) is 0.912. The second kappa shape index (κ2) is 5.26. The molecule has 78 valence electrons. The Hall–Kier alpha value is 0.1000. The van der Waals surface area contributed by atoms with Gasteiger partial charge in [0.1, 0.15) is 0 Å². The molecule has 1 saturated heterocycles. The van der Waals surface area contributed by atoms with Crippen LogP contribution in [0.15, 0.2) is 15.9 Å². The summed E-state index contributed by atoms with van der Waals surface area (Å²) in [4.78, 5) is 1.29. The van der Waals surface area contributed by atoms with Crippen LogP contribution in [0.5, 0.6) is 0 Å². The largest absolute Gasteiger partial charge is 0.376 e. The molecule has 14 heavy (non-hydrogen) atoms. The van der Waals surface area contributed by atoms with E-state index in [1.54, 1.807) is 11.3 Å². The van der Waals surface area contributed by atoms with Crippen molar-refractivity contribution in [3.8, 4) is 0 Å². The Labute approximate surface area is 96.8 Å². The van der Waals surface area contributed by atoms with Gasteiger partial charge >= 0.3 is 0 Å². The van der Waals surface area contributed by atoms with E-state index in [1.165, 1.54) is 15.8 Å². The number of hydrogen-bond acceptors (Lipinski definition) is 3. The van der Waals surface area contributed by atoms with E-state index >= 15 is 0 Å². The number of thiophene rings is 1. The molecule has 1 aliphatic heterocycles. The standard InChI is InChI=1S/C10H14BrNOS/c11-9-2-4-14-10(9)7-13-6-8-1-3-12-5-8/h2,4,8,12H,1,3,5-7H2. The number of nitrogens with one attached hydrogen (secondary N) is 1. The lowest BCUT2D eigenvalue weighted by molar-refractivity contribution is 0.0940. The van der Waals surface area contributed by atoms with Crippen LogP contribution in [0.1, 0.15) is 11.3 Å². The predicted octanol–water partition coefficient (Wildman–Crippen LogP) is 2.64. The second-order valence-electron chi connectivity index (χ2n) is 3.57. The van der Waals surface area contributed by atoms with Crippen LogP contribution in [-0.4, -0.2) is 19.7 Å². The zero-order valence-electron chi connectivity index (χ0n) is 7.96. The highest BCUT2D eigenvalue weighted by Gasteiger charge is 2.14. The lowest BCUT2D eigenvalue weighted by Crippen LogP contribution is -2.13. The van der Waals surface area contributed by atoms with Gasteiger partial charge in [0.05, 0.1) is 13.2 Å². The Balaban J connectivity index is 1.70. The number of hydrogen-bond donors (Lipinski definition) is 1. The molecular weight excluding hydrogens is 262 g/mol. The highest BCUT2D eigenvalue weighted by molar-refractivity contribution is 9.10. The van der Waals surface area contributed by atoms with Crippen LogP contribution in [0, 0.1) is 5.92 Å². The van der Waals surface area contributed by atoms with Crippen LogP contribution in [0.2, 0.25) is 0 Å². The average Bonchev–Trinajstić information content (AvgIpc) is 2.78. The van der Waals surface area contributed by atoms with Crippen LogP contribution in [-0.2, 0) is 11.3 Å². The molecule has 0 amide bonds.